The van der Waals surface area contributed by atoms with E-state index in [4.69, 9.17) is 9.84 Å². The highest BCUT2D eigenvalue weighted by Crippen LogP contribution is 2.14. The molecule has 4 nitrogen and oxygen atoms in total. The summed E-state index contributed by atoms with van der Waals surface area (Å²) in [5.41, 5.74) is 0.967. The molecule has 0 aliphatic rings. The van der Waals surface area contributed by atoms with E-state index in [0.717, 1.165) is 0 Å². The third-order valence-corrected chi connectivity index (χ3v) is 1.87. The maximum absolute atomic E-state index is 11.5. The Morgan fingerprint density at radius 2 is 1.88 bits per heavy atom. The van der Waals surface area contributed by atoms with Gasteiger partial charge in [-0.2, -0.15) is 0 Å². The van der Waals surface area contributed by atoms with Crippen LogP contribution in [0.4, 0.5) is 0 Å². The van der Waals surface area contributed by atoms with Gasteiger partial charge in [-0.1, -0.05) is 6.58 Å². The zero-order chi connectivity index (χ0) is 12.1. The van der Waals surface area contributed by atoms with E-state index in [9.17, 15) is 9.59 Å². The quantitative estimate of drug-likeness (QED) is 0.608. The first-order chi connectivity index (χ1) is 7.50. The number of hydrogen-bond acceptors (Lipinski definition) is 3. The highest BCUT2D eigenvalue weighted by molar-refractivity contribution is 6.07. The number of Topliss-reactive ketones (excluding diaryl/α,β-unsaturated/α-hetero) is 1. The standard InChI is InChI=1S/C12H12O4/c1-8(2)12(15)9-3-5-10(6-4-9)16-7-11(13)14/h3-6H,1,7H2,2H3,(H,13,14). The van der Waals surface area contributed by atoms with Crippen LogP contribution in [0.1, 0.15) is 17.3 Å². The van der Waals surface area contributed by atoms with Crippen LogP contribution in [0.5, 0.6) is 5.75 Å². The van der Waals surface area contributed by atoms with Crippen LogP contribution < -0.4 is 4.74 Å². The number of allylic oxidation sites excluding steroid dienone is 1. The fourth-order valence-corrected chi connectivity index (χ4v) is 1.09. The van der Waals surface area contributed by atoms with Crippen molar-refractivity contribution in [2.75, 3.05) is 6.61 Å². The second-order valence-corrected chi connectivity index (χ2v) is 3.32. The van der Waals surface area contributed by atoms with Crippen molar-refractivity contribution in [1.82, 2.24) is 0 Å². The Hall–Kier alpha value is -2.10. The van der Waals surface area contributed by atoms with E-state index in [2.05, 4.69) is 6.58 Å². The molecular formula is C12H12O4. The fraction of sp³-hybridized carbons (Fsp3) is 0.167. The number of carboxylic acids is 1. The van der Waals surface area contributed by atoms with E-state index in [1.165, 1.54) is 0 Å². The first-order valence-corrected chi connectivity index (χ1v) is 4.65. The number of carbonyl (C=O) groups is 2. The van der Waals surface area contributed by atoms with Gasteiger partial charge in [-0.05, 0) is 36.8 Å². The van der Waals surface area contributed by atoms with Gasteiger partial charge in [-0.3, -0.25) is 4.79 Å². The smallest absolute Gasteiger partial charge is 0.341 e. The van der Waals surface area contributed by atoms with E-state index in [1.807, 2.05) is 0 Å². The molecule has 0 heterocycles. The molecule has 0 unspecified atom stereocenters. The third-order valence-electron chi connectivity index (χ3n) is 1.87. The molecule has 0 radical (unpaired) electrons. The maximum atomic E-state index is 11.5. The van der Waals surface area contributed by atoms with E-state index >= 15 is 0 Å². The number of rotatable bonds is 5. The number of hydrogen-bond donors (Lipinski definition) is 1. The molecule has 0 fully saturated rings. The van der Waals surface area contributed by atoms with Crippen molar-refractivity contribution in [3.63, 3.8) is 0 Å². The average molecular weight is 220 g/mol. The minimum Gasteiger partial charge on any atom is -0.482 e. The summed E-state index contributed by atoms with van der Waals surface area (Å²) in [6.45, 7) is 4.80. The highest BCUT2D eigenvalue weighted by Gasteiger charge is 2.06. The zero-order valence-electron chi connectivity index (χ0n) is 8.90. The van der Waals surface area contributed by atoms with E-state index in [-0.39, 0.29) is 5.78 Å². The van der Waals surface area contributed by atoms with Gasteiger partial charge in [0.2, 0.25) is 0 Å². The van der Waals surface area contributed by atoms with Crippen molar-refractivity contribution in [3.05, 3.63) is 42.0 Å². The molecule has 1 N–H and O–H groups in total. The van der Waals surface area contributed by atoms with Gasteiger partial charge in [-0.15, -0.1) is 0 Å². The van der Waals surface area contributed by atoms with Crippen molar-refractivity contribution < 1.29 is 19.4 Å². The Morgan fingerprint density at radius 1 is 1.31 bits per heavy atom. The fourth-order valence-electron chi connectivity index (χ4n) is 1.09. The van der Waals surface area contributed by atoms with Crippen molar-refractivity contribution >= 4 is 11.8 Å². The van der Waals surface area contributed by atoms with Crippen LogP contribution in [0, 0.1) is 0 Å². The molecule has 0 saturated carbocycles. The topological polar surface area (TPSA) is 63.6 Å². The molecule has 16 heavy (non-hydrogen) atoms. The molecule has 0 aliphatic carbocycles. The van der Waals surface area contributed by atoms with Crippen LogP contribution in [-0.4, -0.2) is 23.5 Å². The molecule has 0 aliphatic heterocycles. The summed E-state index contributed by atoms with van der Waals surface area (Å²) in [6.07, 6.45) is 0. The number of benzene rings is 1. The predicted octanol–water partition coefficient (Wildman–Crippen LogP) is 1.91. The molecule has 1 rings (SSSR count). The van der Waals surface area contributed by atoms with Crippen LogP contribution in [0.2, 0.25) is 0 Å². The first kappa shape index (κ1) is 12.0. The number of aliphatic carboxylic acids is 1. The van der Waals surface area contributed by atoms with Gasteiger partial charge in [0.05, 0.1) is 0 Å². The lowest BCUT2D eigenvalue weighted by Gasteiger charge is -2.04. The Balaban J connectivity index is 2.71. The summed E-state index contributed by atoms with van der Waals surface area (Å²) in [4.78, 5) is 21.7. The SMILES string of the molecule is C=C(C)C(=O)c1ccc(OCC(=O)O)cc1. The Bertz CT molecular complexity index is 417. The molecule has 1 aromatic carbocycles. The second kappa shape index (κ2) is 5.11. The lowest BCUT2D eigenvalue weighted by molar-refractivity contribution is -0.139. The molecule has 0 bridgehead atoms. The van der Waals surface area contributed by atoms with E-state index in [1.54, 1.807) is 31.2 Å². The van der Waals surface area contributed by atoms with Gasteiger partial charge in [0, 0.05) is 5.56 Å². The van der Waals surface area contributed by atoms with Gasteiger partial charge >= 0.3 is 5.97 Å². The highest BCUT2D eigenvalue weighted by atomic mass is 16.5. The number of ketones is 1. The van der Waals surface area contributed by atoms with Gasteiger partial charge in [0.25, 0.3) is 0 Å². The van der Waals surface area contributed by atoms with Crippen LogP contribution in [0.3, 0.4) is 0 Å². The van der Waals surface area contributed by atoms with Crippen molar-refractivity contribution in [2.45, 2.75) is 6.92 Å². The molecule has 0 saturated heterocycles. The van der Waals surface area contributed by atoms with Crippen LogP contribution in [0.25, 0.3) is 0 Å². The molecule has 0 spiro atoms. The molecule has 0 atom stereocenters. The maximum Gasteiger partial charge on any atom is 0.341 e. The monoisotopic (exact) mass is 220 g/mol. The lowest BCUT2D eigenvalue weighted by Crippen LogP contribution is -2.09. The van der Waals surface area contributed by atoms with Crippen molar-refractivity contribution in [3.8, 4) is 5.75 Å². The minimum absolute atomic E-state index is 0.134. The summed E-state index contributed by atoms with van der Waals surface area (Å²) in [5.74, 6) is -0.757. The van der Waals surface area contributed by atoms with Crippen LogP contribution >= 0.6 is 0 Å². The first-order valence-electron chi connectivity index (χ1n) is 4.65. The molecule has 0 amide bonds. The van der Waals surface area contributed by atoms with E-state index in [0.29, 0.717) is 16.9 Å². The van der Waals surface area contributed by atoms with Gasteiger partial charge in [0.15, 0.2) is 12.4 Å². The summed E-state index contributed by atoms with van der Waals surface area (Å²) < 4.78 is 4.93. The van der Waals surface area contributed by atoms with Gasteiger partial charge in [-0.25, -0.2) is 4.79 Å². The Labute approximate surface area is 93.2 Å². The second-order valence-electron chi connectivity index (χ2n) is 3.32. The summed E-state index contributed by atoms with van der Waals surface area (Å²) in [7, 11) is 0. The summed E-state index contributed by atoms with van der Waals surface area (Å²) in [6, 6.07) is 6.26. The van der Waals surface area contributed by atoms with Crippen LogP contribution in [-0.2, 0) is 4.79 Å². The molecule has 1 aromatic rings. The van der Waals surface area contributed by atoms with Gasteiger partial charge in [0.1, 0.15) is 5.75 Å². The van der Waals surface area contributed by atoms with Gasteiger partial charge < -0.3 is 9.84 Å². The average Bonchev–Trinajstić information content (AvgIpc) is 2.26. The molecule has 0 aromatic heterocycles. The largest absolute Gasteiger partial charge is 0.482 e. The summed E-state index contributed by atoms with van der Waals surface area (Å²) in [5, 5.41) is 8.40. The molecule has 4 heteroatoms. The number of carbonyl (C=O) groups excluding carboxylic acids is 1. The molecule has 84 valence electrons. The number of carboxylic acid groups (broad SMARTS) is 1. The van der Waals surface area contributed by atoms with Crippen molar-refractivity contribution in [1.29, 1.82) is 0 Å². The van der Waals surface area contributed by atoms with Crippen LogP contribution in [0.15, 0.2) is 36.4 Å². The predicted molar refractivity (Wildman–Crippen MR) is 58.7 cm³/mol. The van der Waals surface area contributed by atoms with Crippen molar-refractivity contribution in [2.24, 2.45) is 0 Å². The normalized spacial score (nSPS) is 9.56. The lowest BCUT2D eigenvalue weighted by atomic mass is 10.1. The zero-order valence-corrected chi connectivity index (χ0v) is 8.90. The number of ether oxygens (including phenoxy) is 1. The third kappa shape index (κ3) is 3.24. The molecular weight excluding hydrogens is 208 g/mol. The Morgan fingerprint density at radius 3 is 2.31 bits per heavy atom. The Kier molecular flexibility index (Phi) is 3.83. The van der Waals surface area contributed by atoms with E-state index < -0.39 is 12.6 Å². The minimum atomic E-state index is -1.04. The summed E-state index contributed by atoms with van der Waals surface area (Å²) >= 11 is 0.